The number of anilines is 1. The van der Waals surface area contributed by atoms with Crippen molar-refractivity contribution in [2.75, 3.05) is 5.32 Å². The highest BCUT2D eigenvalue weighted by Gasteiger charge is 2.30. The summed E-state index contributed by atoms with van der Waals surface area (Å²) in [5.41, 5.74) is 0.799. The summed E-state index contributed by atoms with van der Waals surface area (Å²) < 4.78 is 5.67. The molecule has 2 rings (SSSR count). The molecule has 1 N–H and O–H groups in total. The fraction of sp³-hybridized carbons (Fsp3) is 0.300. The van der Waals surface area contributed by atoms with E-state index in [9.17, 15) is 4.79 Å². The molecule has 1 aliphatic heterocycles. The first kappa shape index (κ1) is 9.40. The second-order valence-electron chi connectivity index (χ2n) is 3.53. The van der Waals surface area contributed by atoms with Crippen LogP contribution < -0.4 is 10.1 Å². The van der Waals surface area contributed by atoms with E-state index in [0.29, 0.717) is 6.41 Å². The maximum absolute atomic E-state index is 10.3. The van der Waals surface area contributed by atoms with Crippen molar-refractivity contribution in [1.29, 1.82) is 0 Å². The summed E-state index contributed by atoms with van der Waals surface area (Å²) in [6, 6.07) is 5.63. The van der Waals surface area contributed by atoms with Crippen LogP contribution >= 0.6 is 11.8 Å². The van der Waals surface area contributed by atoms with Gasteiger partial charge >= 0.3 is 0 Å². The molecule has 3 nitrogen and oxygen atoms in total. The van der Waals surface area contributed by atoms with E-state index < -0.39 is 0 Å². The first-order chi connectivity index (χ1) is 6.61. The second kappa shape index (κ2) is 3.20. The lowest BCUT2D eigenvalue weighted by atomic mass is 10.3. The first-order valence-electron chi connectivity index (χ1n) is 4.33. The maximum Gasteiger partial charge on any atom is 0.211 e. The van der Waals surface area contributed by atoms with Gasteiger partial charge < -0.3 is 10.1 Å². The summed E-state index contributed by atoms with van der Waals surface area (Å²) >= 11 is 1.66. The number of ether oxygens (including phenoxy) is 1. The third kappa shape index (κ3) is 1.70. The fourth-order valence-corrected chi connectivity index (χ4v) is 2.44. The van der Waals surface area contributed by atoms with Gasteiger partial charge in [-0.2, -0.15) is 0 Å². The topological polar surface area (TPSA) is 38.3 Å². The Bertz CT molecular complexity index is 376. The molecule has 14 heavy (non-hydrogen) atoms. The van der Waals surface area contributed by atoms with E-state index in [-0.39, 0.29) is 4.93 Å². The highest BCUT2D eigenvalue weighted by Crippen LogP contribution is 2.47. The fourth-order valence-electron chi connectivity index (χ4n) is 1.38. The van der Waals surface area contributed by atoms with Crippen LogP contribution in [-0.4, -0.2) is 11.3 Å². The van der Waals surface area contributed by atoms with Crippen LogP contribution in [0.2, 0.25) is 0 Å². The van der Waals surface area contributed by atoms with Gasteiger partial charge in [0.05, 0.1) is 4.90 Å². The van der Waals surface area contributed by atoms with E-state index in [1.165, 1.54) is 0 Å². The van der Waals surface area contributed by atoms with Gasteiger partial charge in [-0.05, 0) is 32.0 Å². The van der Waals surface area contributed by atoms with Crippen molar-refractivity contribution >= 4 is 23.9 Å². The molecule has 1 aromatic carbocycles. The van der Waals surface area contributed by atoms with E-state index >= 15 is 0 Å². The van der Waals surface area contributed by atoms with Crippen LogP contribution in [0.15, 0.2) is 23.1 Å². The predicted molar refractivity (Wildman–Crippen MR) is 56.7 cm³/mol. The van der Waals surface area contributed by atoms with Crippen LogP contribution in [0.4, 0.5) is 5.69 Å². The SMILES string of the molecule is CC1(C)Oc2ccc(NC=O)cc2S1. The van der Waals surface area contributed by atoms with Crippen molar-refractivity contribution in [3.63, 3.8) is 0 Å². The van der Waals surface area contributed by atoms with E-state index in [2.05, 4.69) is 5.32 Å². The summed E-state index contributed by atoms with van der Waals surface area (Å²) in [6.07, 6.45) is 0.674. The average Bonchev–Trinajstić information content (AvgIpc) is 2.38. The third-order valence-corrected chi connectivity index (χ3v) is 2.99. The van der Waals surface area contributed by atoms with Gasteiger partial charge in [0.15, 0.2) is 4.93 Å². The molecule has 0 radical (unpaired) electrons. The highest BCUT2D eigenvalue weighted by molar-refractivity contribution is 8.00. The summed E-state index contributed by atoms with van der Waals surface area (Å²) in [5, 5.41) is 2.62. The quantitative estimate of drug-likeness (QED) is 0.760. The van der Waals surface area contributed by atoms with Crippen LogP contribution in [0.3, 0.4) is 0 Å². The van der Waals surface area contributed by atoms with E-state index in [1.807, 2.05) is 32.0 Å². The monoisotopic (exact) mass is 209 g/mol. The number of rotatable bonds is 2. The van der Waals surface area contributed by atoms with Crippen molar-refractivity contribution in [2.24, 2.45) is 0 Å². The lowest BCUT2D eigenvalue weighted by molar-refractivity contribution is -0.105. The minimum absolute atomic E-state index is 0.206. The Morgan fingerprint density at radius 1 is 1.50 bits per heavy atom. The van der Waals surface area contributed by atoms with Crippen molar-refractivity contribution in [3.05, 3.63) is 18.2 Å². The molecule has 0 fully saturated rings. The van der Waals surface area contributed by atoms with Gasteiger partial charge in [-0.1, -0.05) is 11.8 Å². The molecule has 1 heterocycles. The van der Waals surface area contributed by atoms with E-state index in [0.717, 1.165) is 16.3 Å². The minimum atomic E-state index is -0.206. The van der Waals surface area contributed by atoms with Crippen LogP contribution in [0, 0.1) is 0 Å². The second-order valence-corrected chi connectivity index (χ2v) is 5.15. The molecule has 1 aliphatic rings. The summed E-state index contributed by atoms with van der Waals surface area (Å²) in [7, 11) is 0. The molecular formula is C10H11NO2S. The number of hydrogen-bond acceptors (Lipinski definition) is 3. The molecule has 0 saturated carbocycles. The summed E-state index contributed by atoms with van der Waals surface area (Å²) in [4.78, 5) is 11.1. The Balaban J connectivity index is 2.30. The molecule has 1 aromatic rings. The zero-order valence-corrected chi connectivity index (χ0v) is 8.85. The van der Waals surface area contributed by atoms with Gasteiger partial charge in [0, 0.05) is 5.69 Å². The van der Waals surface area contributed by atoms with Crippen LogP contribution in [0.25, 0.3) is 0 Å². The maximum atomic E-state index is 10.3. The van der Waals surface area contributed by atoms with Crippen LogP contribution in [0.1, 0.15) is 13.8 Å². The predicted octanol–water partition coefficient (Wildman–Crippen LogP) is 2.48. The Morgan fingerprint density at radius 2 is 2.29 bits per heavy atom. The van der Waals surface area contributed by atoms with Gasteiger partial charge in [-0.3, -0.25) is 4.79 Å². The largest absolute Gasteiger partial charge is 0.476 e. The molecule has 0 aliphatic carbocycles. The normalized spacial score (nSPS) is 17.0. The molecule has 4 heteroatoms. The average molecular weight is 209 g/mol. The molecular weight excluding hydrogens is 198 g/mol. The molecule has 0 atom stereocenters. The number of nitrogens with one attached hydrogen (secondary N) is 1. The Labute approximate surface area is 86.8 Å². The minimum Gasteiger partial charge on any atom is -0.476 e. The third-order valence-electron chi connectivity index (χ3n) is 1.88. The Morgan fingerprint density at radius 3 is 3.00 bits per heavy atom. The van der Waals surface area contributed by atoms with Gasteiger partial charge in [-0.15, -0.1) is 0 Å². The standard InChI is InChI=1S/C10H11NO2S/c1-10(2)13-8-4-3-7(11-6-12)5-9(8)14-10/h3-6H,1-2H3,(H,11,12). The van der Waals surface area contributed by atoms with Crippen molar-refractivity contribution in [3.8, 4) is 5.75 Å². The summed E-state index contributed by atoms with van der Waals surface area (Å²) in [6.45, 7) is 4.04. The number of fused-ring (bicyclic) bond motifs is 1. The number of carbonyl (C=O) groups excluding carboxylic acids is 1. The molecule has 0 unspecified atom stereocenters. The van der Waals surface area contributed by atoms with Crippen molar-refractivity contribution in [1.82, 2.24) is 0 Å². The highest BCUT2D eigenvalue weighted by atomic mass is 32.2. The number of amides is 1. The van der Waals surface area contributed by atoms with Crippen molar-refractivity contribution in [2.45, 2.75) is 23.7 Å². The Kier molecular flexibility index (Phi) is 2.15. The van der Waals surface area contributed by atoms with Gasteiger partial charge in [0.25, 0.3) is 0 Å². The van der Waals surface area contributed by atoms with Crippen LogP contribution in [0.5, 0.6) is 5.75 Å². The first-order valence-corrected chi connectivity index (χ1v) is 5.15. The lowest BCUT2D eigenvalue weighted by Gasteiger charge is -2.15. The molecule has 74 valence electrons. The number of benzene rings is 1. The molecule has 0 spiro atoms. The zero-order chi connectivity index (χ0) is 10.2. The van der Waals surface area contributed by atoms with Gasteiger partial charge in [0.2, 0.25) is 6.41 Å². The smallest absolute Gasteiger partial charge is 0.211 e. The molecule has 0 aromatic heterocycles. The van der Waals surface area contributed by atoms with E-state index in [4.69, 9.17) is 4.74 Å². The van der Waals surface area contributed by atoms with E-state index in [1.54, 1.807) is 11.8 Å². The van der Waals surface area contributed by atoms with Gasteiger partial charge in [0.1, 0.15) is 5.75 Å². The zero-order valence-electron chi connectivity index (χ0n) is 8.03. The Hall–Kier alpha value is -1.16. The van der Waals surface area contributed by atoms with Crippen LogP contribution in [-0.2, 0) is 4.79 Å². The number of carbonyl (C=O) groups is 1. The molecule has 0 saturated heterocycles. The lowest BCUT2D eigenvalue weighted by Crippen LogP contribution is -2.17. The van der Waals surface area contributed by atoms with Gasteiger partial charge in [-0.25, -0.2) is 0 Å². The molecule has 0 bridgehead atoms. The summed E-state index contributed by atoms with van der Waals surface area (Å²) in [5.74, 6) is 0.886. The number of thioether (sulfide) groups is 1. The molecule has 1 amide bonds. The van der Waals surface area contributed by atoms with Crippen molar-refractivity contribution < 1.29 is 9.53 Å². The number of hydrogen-bond donors (Lipinski definition) is 1.